The molecule has 0 amide bonds. The third kappa shape index (κ3) is 84.4. The first kappa shape index (κ1) is 16.7. The summed E-state index contributed by atoms with van der Waals surface area (Å²) in [6.07, 6.45) is 0.750. The Morgan fingerprint density at radius 3 is 1.33 bits per heavy atom. The van der Waals surface area contributed by atoms with E-state index in [9.17, 15) is 9.59 Å². The summed E-state index contributed by atoms with van der Waals surface area (Å²) < 4.78 is 0. The minimum atomic E-state index is -1.38. The quantitative estimate of drug-likeness (QED) is 0.416. The van der Waals surface area contributed by atoms with Gasteiger partial charge in [-0.2, -0.15) is 0 Å². The maximum atomic E-state index is 9.54. The summed E-state index contributed by atoms with van der Waals surface area (Å²) in [7, 11) is 0. The van der Waals surface area contributed by atoms with Crippen molar-refractivity contribution in [2.24, 2.45) is 0 Å². The Balaban J connectivity index is -0.000000115. The van der Waals surface area contributed by atoms with E-state index in [1.165, 1.54) is 6.92 Å². The number of carboxylic acids is 1. The summed E-state index contributed by atoms with van der Waals surface area (Å²) in [5, 5.41) is 14.5. The van der Waals surface area contributed by atoms with Crippen LogP contribution in [0.2, 0.25) is 0 Å². The minimum Gasteiger partial charge on any atom is -0.483 e. The van der Waals surface area contributed by atoms with Crippen molar-refractivity contribution in [2.45, 2.75) is 13.8 Å². The van der Waals surface area contributed by atoms with Crippen LogP contribution in [-0.4, -0.2) is 34.7 Å². The van der Waals surface area contributed by atoms with Gasteiger partial charge in [-0.1, -0.05) is 0 Å². The number of carbonyl (C=O) groups is 4. The summed E-state index contributed by atoms with van der Waals surface area (Å²) in [4.78, 5) is 36.1. The lowest BCUT2D eigenvalue weighted by Crippen LogP contribution is -2.05. The van der Waals surface area contributed by atoms with Crippen molar-refractivity contribution in [1.82, 2.24) is 0 Å². The van der Waals surface area contributed by atoms with Crippen molar-refractivity contribution in [3.63, 3.8) is 0 Å². The Hall–Kier alpha value is -1.72. The zero-order valence-corrected chi connectivity index (χ0v) is 6.68. The molecule has 2 N–H and O–H groups in total. The van der Waals surface area contributed by atoms with Crippen LogP contribution in [0.1, 0.15) is 13.8 Å². The molecule has 0 heterocycles. The van der Waals surface area contributed by atoms with Gasteiger partial charge >= 0.3 is 5.97 Å². The predicted molar refractivity (Wildman–Crippen MR) is 38.7 cm³/mol. The number of carboxylic acid groups (broad SMARTS) is 2. The third-order valence-corrected chi connectivity index (χ3v) is 0.301. The average molecular weight is 178 g/mol. The molecule has 6 heteroatoms. The first-order valence-corrected chi connectivity index (χ1v) is 2.69. The van der Waals surface area contributed by atoms with Gasteiger partial charge in [0.2, 0.25) is 5.78 Å². The van der Waals surface area contributed by atoms with E-state index in [1.807, 2.05) is 0 Å². The lowest BCUT2D eigenvalue weighted by atomic mass is 10.5. The lowest BCUT2D eigenvalue weighted by molar-refractivity contribution is -0.148. The molecule has 0 spiro atoms. The van der Waals surface area contributed by atoms with E-state index < -0.39 is 11.8 Å². The van der Waals surface area contributed by atoms with Crippen molar-refractivity contribution >= 4 is 24.5 Å². The molecule has 70 valence electrons. The minimum absolute atomic E-state index is 0.250. The van der Waals surface area contributed by atoms with Crippen LogP contribution in [-0.2, 0) is 19.2 Å². The standard InChI is InChI=1S/C3H4O3.C2H4O.CH2O2/c1-2(4)3(5)6;1-2-3;2-1-3/h1H3,(H,5,6);2H,1H3;1H,(H,2,3). The smallest absolute Gasteiger partial charge is 0.371 e. The molecule has 0 rings (SSSR count). The molecular formula is C6H10O6. The highest BCUT2D eigenvalue weighted by Gasteiger charge is 1.98. The second-order valence-corrected chi connectivity index (χ2v) is 1.20. The van der Waals surface area contributed by atoms with Gasteiger partial charge in [-0.15, -0.1) is 0 Å². The Morgan fingerprint density at radius 2 is 1.33 bits per heavy atom. The zero-order chi connectivity index (χ0) is 10.6. The molecule has 12 heavy (non-hydrogen) atoms. The molecule has 0 saturated carbocycles. The Morgan fingerprint density at radius 1 is 1.25 bits per heavy atom. The number of ketones is 1. The van der Waals surface area contributed by atoms with Gasteiger partial charge in [0.25, 0.3) is 6.47 Å². The van der Waals surface area contributed by atoms with Crippen LogP contribution in [0.25, 0.3) is 0 Å². The van der Waals surface area contributed by atoms with Crippen LogP contribution in [0, 0.1) is 0 Å². The highest BCUT2D eigenvalue weighted by Crippen LogP contribution is 1.61. The van der Waals surface area contributed by atoms with Gasteiger partial charge in [-0.25, -0.2) is 4.79 Å². The van der Waals surface area contributed by atoms with Crippen LogP contribution in [0.15, 0.2) is 0 Å². The second kappa shape index (κ2) is 16.1. The molecule has 0 saturated heterocycles. The van der Waals surface area contributed by atoms with Crippen LogP contribution in [0.3, 0.4) is 0 Å². The third-order valence-electron chi connectivity index (χ3n) is 0.301. The van der Waals surface area contributed by atoms with Gasteiger partial charge in [0.1, 0.15) is 6.29 Å². The van der Waals surface area contributed by atoms with E-state index in [0.29, 0.717) is 0 Å². The van der Waals surface area contributed by atoms with E-state index in [2.05, 4.69) is 0 Å². The summed E-state index contributed by atoms with van der Waals surface area (Å²) in [6, 6.07) is 0. The van der Waals surface area contributed by atoms with Gasteiger partial charge in [0.05, 0.1) is 0 Å². The van der Waals surface area contributed by atoms with Crippen LogP contribution in [0.5, 0.6) is 0 Å². The van der Waals surface area contributed by atoms with Crippen molar-refractivity contribution in [3.8, 4) is 0 Å². The molecule has 0 bridgehead atoms. The molecule has 0 aromatic carbocycles. The fourth-order valence-corrected chi connectivity index (χ4v) is 0. The van der Waals surface area contributed by atoms with Crippen molar-refractivity contribution in [1.29, 1.82) is 0 Å². The summed E-state index contributed by atoms with van der Waals surface area (Å²) in [5.74, 6) is -2.20. The maximum absolute atomic E-state index is 9.54. The second-order valence-electron chi connectivity index (χ2n) is 1.20. The van der Waals surface area contributed by atoms with Crippen molar-refractivity contribution in [2.75, 3.05) is 0 Å². The lowest BCUT2D eigenvalue weighted by Gasteiger charge is -1.73. The maximum Gasteiger partial charge on any atom is 0.371 e. The molecule has 0 radical (unpaired) electrons. The van der Waals surface area contributed by atoms with E-state index in [0.717, 1.165) is 13.2 Å². The molecule has 0 aromatic heterocycles. The Bertz CT molecular complexity index is 132. The van der Waals surface area contributed by atoms with E-state index in [4.69, 9.17) is 19.8 Å². The summed E-state index contributed by atoms with van der Waals surface area (Å²) >= 11 is 0. The zero-order valence-electron chi connectivity index (χ0n) is 6.68. The Kier molecular flexibility index (Phi) is 22.5. The molecule has 0 aliphatic rings. The molecule has 0 aliphatic carbocycles. The molecule has 0 aliphatic heterocycles. The van der Waals surface area contributed by atoms with Crippen molar-refractivity contribution in [3.05, 3.63) is 0 Å². The Labute approximate surface area is 68.8 Å². The van der Waals surface area contributed by atoms with Crippen LogP contribution >= 0.6 is 0 Å². The van der Waals surface area contributed by atoms with Crippen LogP contribution in [0.4, 0.5) is 0 Å². The number of hydrogen-bond acceptors (Lipinski definition) is 4. The van der Waals surface area contributed by atoms with Gasteiger partial charge in [-0.3, -0.25) is 9.59 Å². The largest absolute Gasteiger partial charge is 0.483 e. The molecule has 0 fully saturated rings. The topological polar surface area (TPSA) is 109 Å². The van der Waals surface area contributed by atoms with E-state index in [1.54, 1.807) is 0 Å². The van der Waals surface area contributed by atoms with E-state index >= 15 is 0 Å². The van der Waals surface area contributed by atoms with Crippen molar-refractivity contribution < 1.29 is 29.4 Å². The predicted octanol–water partition coefficient (Wildman–Crippen LogP) is -0.434. The van der Waals surface area contributed by atoms with Gasteiger partial charge in [-0.05, 0) is 6.92 Å². The number of Topliss-reactive ketones (excluding diaryl/α,β-unsaturated/α-hetero) is 1. The van der Waals surface area contributed by atoms with Gasteiger partial charge in [0, 0.05) is 6.92 Å². The fourth-order valence-electron chi connectivity index (χ4n) is 0. The van der Waals surface area contributed by atoms with E-state index in [-0.39, 0.29) is 6.47 Å². The van der Waals surface area contributed by atoms with Crippen LogP contribution < -0.4 is 0 Å². The number of rotatable bonds is 1. The SMILES string of the molecule is CC(=O)C(=O)O.CC=O.O=CO. The number of carbonyl (C=O) groups excluding carboxylic acids is 2. The highest BCUT2D eigenvalue weighted by molar-refractivity contribution is 6.31. The first-order chi connectivity index (χ1) is 5.47. The summed E-state index contributed by atoms with van der Waals surface area (Å²) in [5.41, 5.74) is 0. The molecule has 6 nitrogen and oxygen atoms in total. The van der Waals surface area contributed by atoms with Gasteiger partial charge in [0.15, 0.2) is 0 Å². The average Bonchev–Trinajstić information content (AvgIpc) is 1.90. The normalized spacial score (nSPS) is 5.83. The molecular weight excluding hydrogens is 168 g/mol. The number of aliphatic carboxylic acids is 1. The monoisotopic (exact) mass is 178 g/mol. The highest BCUT2D eigenvalue weighted by atomic mass is 16.4. The molecule has 0 atom stereocenters. The van der Waals surface area contributed by atoms with Gasteiger partial charge < -0.3 is 15.0 Å². The number of aldehydes is 1. The fraction of sp³-hybridized carbons (Fsp3) is 0.333. The molecule has 0 aromatic rings. The molecule has 0 unspecified atom stereocenters. The number of hydrogen-bond donors (Lipinski definition) is 2. The first-order valence-electron chi connectivity index (χ1n) is 2.69. The summed E-state index contributed by atoms with van der Waals surface area (Å²) in [6.45, 7) is 2.20.